The van der Waals surface area contributed by atoms with Gasteiger partial charge in [-0.1, -0.05) is 11.6 Å². The molecule has 0 atom stereocenters. The highest BCUT2D eigenvalue weighted by Gasteiger charge is 2.13. The second kappa shape index (κ2) is 5.79. The van der Waals surface area contributed by atoms with E-state index in [0.717, 1.165) is 19.9 Å². The van der Waals surface area contributed by atoms with Gasteiger partial charge in [0.15, 0.2) is 4.96 Å². The number of methoxy groups -OCH3 is 1. The van der Waals surface area contributed by atoms with Crippen LogP contribution in [0.2, 0.25) is 5.02 Å². The van der Waals surface area contributed by atoms with E-state index in [9.17, 15) is 0 Å². The Morgan fingerprint density at radius 1 is 1.50 bits per heavy atom. The number of imidazole rings is 1. The number of benzene rings is 1. The molecule has 3 rings (SSSR count). The van der Waals surface area contributed by atoms with Gasteiger partial charge in [0.1, 0.15) is 5.69 Å². The van der Waals surface area contributed by atoms with Gasteiger partial charge in [-0.25, -0.2) is 0 Å². The van der Waals surface area contributed by atoms with E-state index in [1.165, 1.54) is 0 Å². The molecule has 0 fully saturated rings. The van der Waals surface area contributed by atoms with Gasteiger partial charge >= 0.3 is 0 Å². The van der Waals surface area contributed by atoms with Gasteiger partial charge in [0.05, 0.1) is 24.4 Å². The predicted octanol–water partition coefficient (Wildman–Crippen LogP) is 4.27. The number of hydrogen-bond donors (Lipinski definition) is 1. The van der Waals surface area contributed by atoms with Crippen LogP contribution < -0.4 is 10.1 Å². The summed E-state index contributed by atoms with van der Waals surface area (Å²) in [4.78, 5) is 5.35. The molecule has 1 aromatic carbocycles. The van der Waals surface area contributed by atoms with Gasteiger partial charge in [-0.15, -0.1) is 11.3 Å². The molecule has 0 spiro atoms. The van der Waals surface area contributed by atoms with E-state index >= 15 is 0 Å². The van der Waals surface area contributed by atoms with Crippen molar-refractivity contribution in [1.82, 2.24) is 9.38 Å². The number of nitrogens with zero attached hydrogens (tertiary/aromatic N) is 2. The number of hydrogen-bond acceptors (Lipinski definition) is 4. The summed E-state index contributed by atoms with van der Waals surface area (Å²) in [6.07, 6.45) is 1.99. The normalized spacial score (nSPS) is 10.9. The number of anilines is 1. The van der Waals surface area contributed by atoms with Crippen LogP contribution in [0.3, 0.4) is 0 Å². The Balaban J connectivity index is 1.87. The minimum Gasteiger partial charge on any atom is -0.480 e. The molecule has 0 aliphatic rings. The third kappa shape index (κ3) is 2.59. The van der Waals surface area contributed by atoms with Gasteiger partial charge in [-0.05, 0) is 40.8 Å². The van der Waals surface area contributed by atoms with Crippen molar-refractivity contribution in [3.63, 3.8) is 0 Å². The van der Waals surface area contributed by atoms with Gasteiger partial charge in [0.25, 0.3) is 0 Å². The van der Waals surface area contributed by atoms with Crippen LogP contribution in [0.15, 0.2) is 29.8 Å². The molecular weight excluding hydrogens is 409 g/mol. The topological polar surface area (TPSA) is 38.6 Å². The first-order valence-corrected chi connectivity index (χ1v) is 8.20. The van der Waals surface area contributed by atoms with E-state index in [1.807, 2.05) is 34.2 Å². The lowest BCUT2D eigenvalue weighted by molar-refractivity contribution is 0.395. The number of rotatable bonds is 4. The number of aromatic nitrogens is 2. The van der Waals surface area contributed by atoms with Crippen LogP contribution in [-0.2, 0) is 6.54 Å². The molecule has 3 aromatic rings. The van der Waals surface area contributed by atoms with Crippen LogP contribution in [0.4, 0.5) is 5.69 Å². The molecule has 0 aliphatic carbocycles. The van der Waals surface area contributed by atoms with Crippen LogP contribution >= 0.6 is 45.5 Å². The molecule has 0 amide bonds. The molecule has 0 radical (unpaired) electrons. The number of halogens is 2. The Morgan fingerprint density at radius 2 is 2.35 bits per heavy atom. The summed E-state index contributed by atoms with van der Waals surface area (Å²) >= 11 is 10.0. The molecule has 7 heteroatoms. The third-order valence-electron chi connectivity index (χ3n) is 2.90. The van der Waals surface area contributed by atoms with E-state index in [4.69, 9.17) is 16.3 Å². The van der Waals surface area contributed by atoms with E-state index in [2.05, 4.69) is 32.9 Å². The Bertz CT molecular complexity index is 755. The highest BCUT2D eigenvalue weighted by molar-refractivity contribution is 14.1. The standard InChI is InChI=1S/C13H11ClIN3OS/c1-19-12-11(18-4-5-20-13(18)17-12)7-16-10-3-2-8(15)6-9(10)14/h2-6,16H,7H2,1H3. The maximum absolute atomic E-state index is 6.22. The van der Waals surface area contributed by atoms with Gasteiger partial charge in [-0.2, -0.15) is 4.98 Å². The Labute approximate surface area is 138 Å². The largest absolute Gasteiger partial charge is 0.480 e. The lowest BCUT2D eigenvalue weighted by Crippen LogP contribution is -2.04. The summed E-state index contributed by atoms with van der Waals surface area (Å²) in [5.41, 5.74) is 1.89. The Hall–Kier alpha value is -0.990. The van der Waals surface area contributed by atoms with Crippen molar-refractivity contribution in [3.05, 3.63) is 44.1 Å². The van der Waals surface area contributed by atoms with Crippen molar-refractivity contribution in [2.45, 2.75) is 6.54 Å². The zero-order valence-corrected chi connectivity index (χ0v) is 14.3. The van der Waals surface area contributed by atoms with Crippen LogP contribution in [0.25, 0.3) is 4.96 Å². The highest BCUT2D eigenvalue weighted by Crippen LogP contribution is 2.27. The van der Waals surface area contributed by atoms with Crippen LogP contribution in [0.5, 0.6) is 5.88 Å². The van der Waals surface area contributed by atoms with Crippen molar-refractivity contribution in [2.75, 3.05) is 12.4 Å². The summed E-state index contributed by atoms with van der Waals surface area (Å²) in [5.74, 6) is 0.644. The quantitative estimate of drug-likeness (QED) is 0.642. The number of ether oxygens (including phenoxy) is 1. The maximum Gasteiger partial charge on any atom is 0.238 e. The Kier molecular flexibility index (Phi) is 4.04. The number of fused-ring (bicyclic) bond motifs is 1. The molecule has 2 heterocycles. The van der Waals surface area contributed by atoms with E-state index in [-0.39, 0.29) is 0 Å². The maximum atomic E-state index is 6.22. The molecule has 104 valence electrons. The lowest BCUT2D eigenvalue weighted by Gasteiger charge is -2.09. The van der Waals surface area contributed by atoms with Crippen LogP contribution in [-0.4, -0.2) is 16.5 Å². The molecular formula is C13H11ClIN3OS. The lowest BCUT2D eigenvalue weighted by atomic mass is 10.3. The minimum absolute atomic E-state index is 0.599. The van der Waals surface area contributed by atoms with Gasteiger partial charge < -0.3 is 10.1 Å². The second-order valence-corrected chi connectivity index (χ2v) is 6.63. The average Bonchev–Trinajstić information content (AvgIpc) is 2.98. The summed E-state index contributed by atoms with van der Waals surface area (Å²) < 4.78 is 8.46. The minimum atomic E-state index is 0.599. The highest BCUT2D eigenvalue weighted by atomic mass is 127. The fourth-order valence-electron chi connectivity index (χ4n) is 1.95. The summed E-state index contributed by atoms with van der Waals surface area (Å²) in [6.45, 7) is 0.599. The first kappa shape index (κ1) is 14.0. The SMILES string of the molecule is COc1nc2sccn2c1CNc1ccc(I)cc1Cl. The fraction of sp³-hybridized carbons (Fsp3) is 0.154. The monoisotopic (exact) mass is 419 g/mol. The fourth-order valence-corrected chi connectivity index (χ4v) is 3.60. The van der Waals surface area contributed by atoms with Crippen molar-refractivity contribution < 1.29 is 4.74 Å². The molecule has 0 saturated heterocycles. The van der Waals surface area contributed by atoms with Crippen molar-refractivity contribution in [2.24, 2.45) is 0 Å². The van der Waals surface area contributed by atoms with Crippen molar-refractivity contribution >= 4 is 56.2 Å². The molecule has 0 unspecified atom stereocenters. The smallest absolute Gasteiger partial charge is 0.238 e. The van der Waals surface area contributed by atoms with Gasteiger partial charge in [0.2, 0.25) is 5.88 Å². The molecule has 0 saturated carbocycles. The Morgan fingerprint density at radius 3 is 3.10 bits per heavy atom. The summed E-state index contributed by atoms with van der Waals surface area (Å²) in [7, 11) is 1.63. The van der Waals surface area contributed by atoms with Crippen LogP contribution in [0.1, 0.15) is 5.69 Å². The average molecular weight is 420 g/mol. The van der Waals surface area contributed by atoms with E-state index in [0.29, 0.717) is 17.4 Å². The first-order valence-electron chi connectivity index (χ1n) is 5.86. The van der Waals surface area contributed by atoms with Gasteiger partial charge in [-0.3, -0.25) is 4.40 Å². The number of nitrogens with one attached hydrogen (secondary N) is 1. The summed E-state index contributed by atoms with van der Waals surface area (Å²) in [6, 6.07) is 5.92. The molecule has 4 nitrogen and oxygen atoms in total. The molecule has 2 aromatic heterocycles. The number of thiazole rings is 1. The van der Waals surface area contributed by atoms with Gasteiger partial charge in [0, 0.05) is 15.1 Å². The molecule has 0 aliphatic heterocycles. The third-order valence-corrected chi connectivity index (χ3v) is 4.64. The zero-order valence-electron chi connectivity index (χ0n) is 10.6. The van der Waals surface area contributed by atoms with Crippen molar-refractivity contribution in [1.29, 1.82) is 0 Å². The molecule has 0 bridgehead atoms. The first-order chi connectivity index (χ1) is 9.69. The van der Waals surface area contributed by atoms with Crippen molar-refractivity contribution in [3.8, 4) is 5.88 Å². The second-order valence-electron chi connectivity index (χ2n) is 4.10. The molecule has 1 N–H and O–H groups in total. The zero-order chi connectivity index (χ0) is 14.1. The van der Waals surface area contributed by atoms with E-state index in [1.54, 1.807) is 18.4 Å². The summed E-state index contributed by atoms with van der Waals surface area (Å²) in [5, 5.41) is 6.04. The van der Waals surface area contributed by atoms with Crippen LogP contribution in [0, 0.1) is 3.57 Å². The molecule has 20 heavy (non-hydrogen) atoms. The van der Waals surface area contributed by atoms with E-state index < -0.39 is 0 Å². The predicted molar refractivity (Wildman–Crippen MR) is 91.1 cm³/mol.